The van der Waals surface area contributed by atoms with E-state index in [1.165, 1.54) is 31.0 Å². The average molecular weight is 330 g/mol. The van der Waals surface area contributed by atoms with Gasteiger partial charge >= 0.3 is 0 Å². The minimum absolute atomic E-state index is 0.333. The highest BCUT2D eigenvalue weighted by Gasteiger charge is 2.24. The molecule has 1 fully saturated rings. The number of rotatable bonds is 5. The molecule has 6 heteroatoms. The molecule has 0 saturated heterocycles. The van der Waals surface area contributed by atoms with Crippen molar-refractivity contribution in [1.82, 2.24) is 14.8 Å². The normalized spacial score (nSPS) is 17.1. The van der Waals surface area contributed by atoms with Crippen LogP contribution < -0.4 is 5.73 Å². The van der Waals surface area contributed by atoms with Crippen LogP contribution in [0.3, 0.4) is 0 Å². The Labute approximate surface area is 140 Å². The fraction of sp³-hybridized carbons (Fsp3) is 0.471. The molecule has 1 amide bonds. The maximum absolute atomic E-state index is 11.3. The highest BCUT2D eigenvalue weighted by atomic mass is 32.2. The number of nitrogens with two attached hydrogens (primary N) is 1. The standard InChI is InChI=1S/C17H22N4OS/c1-12(15(18)22)23-17-19-16(13-8-4-2-5-9-13)21(20-17)14-10-6-3-7-11-14/h3,6-7,10-13H,2,4-5,8-9H2,1H3,(H2,18,22)/t12-/m0/s1. The van der Waals surface area contributed by atoms with Gasteiger partial charge in [0.1, 0.15) is 5.82 Å². The van der Waals surface area contributed by atoms with E-state index in [0.717, 1.165) is 24.4 Å². The van der Waals surface area contributed by atoms with Crippen LogP contribution in [0.4, 0.5) is 0 Å². The molecule has 3 rings (SSSR count). The van der Waals surface area contributed by atoms with Gasteiger partial charge in [0.05, 0.1) is 10.9 Å². The fourth-order valence-corrected chi connectivity index (χ4v) is 3.66. The van der Waals surface area contributed by atoms with E-state index in [9.17, 15) is 4.79 Å². The molecule has 122 valence electrons. The second kappa shape index (κ2) is 7.17. The van der Waals surface area contributed by atoms with Crippen molar-refractivity contribution < 1.29 is 4.79 Å². The predicted octanol–water partition coefficient (Wildman–Crippen LogP) is 3.28. The Kier molecular flexibility index (Phi) is 5.00. The second-order valence-electron chi connectivity index (χ2n) is 6.00. The number of carbonyl (C=O) groups excluding carboxylic acids is 1. The molecule has 0 aliphatic heterocycles. The van der Waals surface area contributed by atoms with Crippen LogP contribution >= 0.6 is 11.8 Å². The molecule has 1 saturated carbocycles. The number of nitrogens with zero attached hydrogens (tertiary/aromatic N) is 3. The fourth-order valence-electron chi connectivity index (χ4n) is 2.95. The molecule has 5 nitrogen and oxygen atoms in total. The van der Waals surface area contributed by atoms with Gasteiger partial charge < -0.3 is 5.73 Å². The number of para-hydroxylation sites is 1. The molecule has 1 aromatic heterocycles. The molecule has 0 bridgehead atoms. The van der Waals surface area contributed by atoms with Crippen molar-refractivity contribution in [2.75, 3.05) is 0 Å². The topological polar surface area (TPSA) is 73.8 Å². The van der Waals surface area contributed by atoms with Gasteiger partial charge in [0.25, 0.3) is 0 Å². The first-order valence-electron chi connectivity index (χ1n) is 8.13. The van der Waals surface area contributed by atoms with Crippen molar-refractivity contribution in [3.63, 3.8) is 0 Å². The van der Waals surface area contributed by atoms with Crippen LogP contribution in [0.2, 0.25) is 0 Å². The summed E-state index contributed by atoms with van der Waals surface area (Å²) < 4.78 is 1.94. The molecular weight excluding hydrogens is 308 g/mol. The van der Waals surface area contributed by atoms with E-state index in [1.807, 2.05) is 35.0 Å². The first-order chi connectivity index (χ1) is 11.1. The Balaban J connectivity index is 1.94. The monoisotopic (exact) mass is 330 g/mol. The average Bonchev–Trinajstić information content (AvgIpc) is 3.00. The molecule has 1 aromatic carbocycles. The van der Waals surface area contributed by atoms with Gasteiger partial charge in [0.2, 0.25) is 11.1 Å². The smallest absolute Gasteiger partial charge is 0.230 e. The SMILES string of the molecule is C[C@H](Sc1nc(C2CCCCC2)n(-c2ccccc2)n1)C(N)=O. The molecule has 2 aromatic rings. The van der Waals surface area contributed by atoms with Crippen LogP contribution in [0.5, 0.6) is 0 Å². The van der Waals surface area contributed by atoms with E-state index < -0.39 is 0 Å². The molecule has 2 N–H and O–H groups in total. The largest absolute Gasteiger partial charge is 0.369 e. The number of aromatic nitrogens is 3. The van der Waals surface area contributed by atoms with Crippen LogP contribution in [0, 0.1) is 0 Å². The Bertz CT molecular complexity index is 664. The maximum atomic E-state index is 11.3. The summed E-state index contributed by atoms with van der Waals surface area (Å²) in [4.78, 5) is 16.0. The van der Waals surface area contributed by atoms with Crippen LogP contribution in [0.15, 0.2) is 35.5 Å². The highest BCUT2D eigenvalue weighted by molar-refractivity contribution is 8.00. The summed E-state index contributed by atoms with van der Waals surface area (Å²) in [6, 6.07) is 10.1. The van der Waals surface area contributed by atoms with Crippen molar-refractivity contribution in [2.45, 2.75) is 55.4 Å². The summed E-state index contributed by atoms with van der Waals surface area (Å²) in [6.07, 6.45) is 6.09. The lowest BCUT2D eigenvalue weighted by atomic mass is 9.88. The number of benzene rings is 1. The zero-order valence-corrected chi connectivity index (χ0v) is 14.1. The van der Waals surface area contributed by atoms with Crippen molar-refractivity contribution >= 4 is 17.7 Å². The van der Waals surface area contributed by atoms with Gasteiger partial charge in [-0.3, -0.25) is 4.79 Å². The summed E-state index contributed by atoms with van der Waals surface area (Å²) in [7, 11) is 0. The molecule has 0 unspecified atom stereocenters. The van der Waals surface area contributed by atoms with E-state index >= 15 is 0 Å². The molecular formula is C17H22N4OS. The van der Waals surface area contributed by atoms with Crippen molar-refractivity contribution in [3.8, 4) is 5.69 Å². The lowest BCUT2D eigenvalue weighted by molar-refractivity contribution is -0.117. The highest BCUT2D eigenvalue weighted by Crippen LogP contribution is 2.34. The minimum Gasteiger partial charge on any atom is -0.369 e. The Morgan fingerprint density at radius 3 is 2.61 bits per heavy atom. The molecule has 0 spiro atoms. The van der Waals surface area contributed by atoms with Crippen molar-refractivity contribution in [3.05, 3.63) is 36.2 Å². The van der Waals surface area contributed by atoms with Gasteiger partial charge in [-0.05, 0) is 31.9 Å². The van der Waals surface area contributed by atoms with Crippen molar-refractivity contribution in [1.29, 1.82) is 0 Å². The second-order valence-corrected chi connectivity index (χ2v) is 7.31. The van der Waals surface area contributed by atoms with E-state index in [1.54, 1.807) is 6.92 Å². The third-order valence-electron chi connectivity index (χ3n) is 4.27. The number of thioether (sulfide) groups is 1. The van der Waals surface area contributed by atoms with Gasteiger partial charge in [-0.2, -0.15) is 0 Å². The first-order valence-corrected chi connectivity index (χ1v) is 9.01. The van der Waals surface area contributed by atoms with Gasteiger partial charge in [-0.1, -0.05) is 49.2 Å². The van der Waals surface area contributed by atoms with Crippen LogP contribution in [0.1, 0.15) is 50.8 Å². The van der Waals surface area contributed by atoms with Crippen LogP contribution in [0.25, 0.3) is 5.69 Å². The Morgan fingerprint density at radius 1 is 1.26 bits per heavy atom. The summed E-state index contributed by atoms with van der Waals surface area (Å²) >= 11 is 1.33. The molecule has 1 aliphatic carbocycles. The Hall–Kier alpha value is -1.82. The zero-order chi connectivity index (χ0) is 16.2. The summed E-state index contributed by atoms with van der Waals surface area (Å²) in [6.45, 7) is 1.79. The molecule has 1 atom stereocenters. The molecule has 23 heavy (non-hydrogen) atoms. The Morgan fingerprint density at radius 2 is 1.96 bits per heavy atom. The minimum atomic E-state index is -0.342. The van der Waals surface area contributed by atoms with Gasteiger partial charge in [-0.15, -0.1) is 5.10 Å². The van der Waals surface area contributed by atoms with Crippen LogP contribution in [-0.2, 0) is 4.79 Å². The first kappa shape index (κ1) is 16.1. The van der Waals surface area contributed by atoms with Gasteiger partial charge in [-0.25, -0.2) is 9.67 Å². The van der Waals surface area contributed by atoms with E-state index in [4.69, 9.17) is 10.7 Å². The van der Waals surface area contributed by atoms with Crippen molar-refractivity contribution in [2.24, 2.45) is 5.73 Å². The lowest BCUT2D eigenvalue weighted by Gasteiger charge is -2.21. The van der Waals surface area contributed by atoms with Crippen LogP contribution in [-0.4, -0.2) is 25.9 Å². The van der Waals surface area contributed by atoms with Gasteiger partial charge in [0, 0.05) is 5.92 Å². The number of carbonyl (C=O) groups is 1. The van der Waals surface area contributed by atoms with E-state index in [2.05, 4.69) is 5.10 Å². The maximum Gasteiger partial charge on any atom is 0.230 e. The summed E-state index contributed by atoms with van der Waals surface area (Å²) in [5.74, 6) is 1.11. The molecule has 1 heterocycles. The van der Waals surface area contributed by atoms with E-state index in [-0.39, 0.29) is 11.2 Å². The number of hydrogen-bond acceptors (Lipinski definition) is 4. The quantitative estimate of drug-likeness (QED) is 0.854. The predicted molar refractivity (Wildman–Crippen MR) is 91.7 cm³/mol. The number of hydrogen-bond donors (Lipinski definition) is 1. The van der Waals surface area contributed by atoms with Gasteiger partial charge in [0.15, 0.2) is 0 Å². The lowest BCUT2D eigenvalue weighted by Crippen LogP contribution is -2.22. The molecule has 0 radical (unpaired) electrons. The van der Waals surface area contributed by atoms with E-state index in [0.29, 0.717) is 11.1 Å². The third kappa shape index (κ3) is 3.75. The zero-order valence-electron chi connectivity index (χ0n) is 13.3. The third-order valence-corrected chi connectivity index (χ3v) is 5.24. The summed E-state index contributed by atoms with van der Waals surface area (Å²) in [5, 5.41) is 4.93. The summed E-state index contributed by atoms with van der Waals surface area (Å²) in [5.41, 5.74) is 6.37. The number of amides is 1. The molecule has 1 aliphatic rings. The number of primary amides is 1.